The zero-order valence-corrected chi connectivity index (χ0v) is 10.5. The zero-order valence-electron chi connectivity index (χ0n) is 10.5. The maximum Gasteiger partial charge on any atom is -0.00841 e. The highest BCUT2D eigenvalue weighted by molar-refractivity contribution is 5.17. The fourth-order valence-electron chi connectivity index (χ4n) is 3.81. The molecule has 0 aromatic rings. The number of hydrogen-bond donors (Lipinski definition) is 0. The Balaban J connectivity index is 2.00. The van der Waals surface area contributed by atoms with Crippen molar-refractivity contribution in [3.05, 3.63) is 12.2 Å². The summed E-state index contributed by atoms with van der Waals surface area (Å²) >= 11 is 0. The molecule has 2 aliphatic carbocycles. The molecule has 0 aromatic heterocycles. The molecule has 3 atom stereocenters. The van der Waals surface area contributed by atoms with E-state index < -0.39 is 0 Å². The van der Waals surface area contributed by atoms with Crippen molar-refractivity contribution in [3.63, 3.8) is 0 Å². The Morgan fingerprint density at radius 3 is 2.60 bits per heavy atom. The van der Waals surface area contributed by atoms with Gasteiger partial charge in [-0.1, -0.05) is 45.3 Å². The molecule has 3 unspecified atom stereocenters. The number of allylic oxidation sites excluding steroid dienone is 2. The van der Waals surface area contributed by atoms with E-state index >= 15 is 0 Å². The van der Waals surface area contributed by atoms with Crippen LogP contribution in [0.1, 0.15) is 65.2 Å². The fraction of sp³-hybridized carbons (Fsp3) is 0.867. The summed E-state index contributed by atoms with van der Waals surface area (Å²) in [6.07, 6.45) is 16.7. The second-order valence-corrected chi connectivity index (χ2v) is 5.72. The number of fused-ring (bicyclic) bond motifs is 2. The third-order valence-electron chi connectivity index (χ3n) is 4.68. The first-order valence-electron chi connectivity index (χ1n) is 7.00. The van der Waals surface area contributed by atoms with Crippen LogP contribution in [0.15, 0.2) is 12.2 Å². The Morgan fingerprint density at radius 2 is 2.13 bits per heavy atom. The van der Waals surface area contributed by atoms with E-state index in [9.17, 15) is 0 Å². The molecule has 0 aliphatic heterocycles. The number of rotatable bonds is 6. The number of hydrogen-bond acceptors (Lipinski definition) is 0. The summed E-state index contributed by atoms with van der Waals surface area (Å²) in [7, 11) is 0. The molecule has 0 heterocycles. The molecule has 0 heteroatoms. The molecule has 0 amide bonds. The van der Waals surface area contributed by atoms with E-state index in [1.807, 2.05) is 0 Å². The van der Waals surface area contributed by atoms with Gasteiger partial charge >= 0.3 is 0 Å². The van der Waals surface area contributed by atoms with Gasteiger partial charge in [0.25, 0.3) is 0 Å². The Kier molecular flexibility index (Phi) is 3.53. The smallest absolute Gasteiger partial charge is 0.00841 e. The van der Waals surface area contributed by atoms with Crippen LogP contribution in [0.3, 0.4) is 0 Å². The first-order valence-corrected chi connectivity index (χ1v) is 7.00. The third-order valence-corrected chi connectivity index (χ3v) is 4.68. The molecule has 0 saturated heterocycles. The lowest BCUT2D eigenvalue weighted by molar-refractivity contribution is 0.205. The van der Waals surface area contributed by atoms with E-state index in [1.165, 1.54) is 51.4 Å². The summed E-state index contributed by atoms with van der Waals surface area (Å²) in [5.74, 6) is 1.94. The number of unbranched alkanes of at least 4 members (excludes halogenated alkanes) is 1. The van der Waals surface area contributed by atoms with Crippen molar-refractivity contribution >= 4 is 0 Å². The van der Waals surface area contributed by atoms with Gasteiger partial charge in [-0.25, -0.2) is 0 Å². The topological polar surface area (TPSA) is 0 Å². The second kappa shape index (κ2) is 4.72. The van der Waals surface area contributed by atoms with E-state index in [2.05, 4.69) is 26.0 Å². The SMILES string of the molecule is CCCCC(CCC)C12C=CC(CC1)C2. The van der Waals surface area contributed by atoms with E-state index in [1.54, 1.807) is 0 Å². The lowest BCUT2D eigenvalue weighted by Crippen LogP contribution is -2.24. The maximum atomic E-state index is 2.59. The molecule has 86 valence electrons. The van der Waals surface area contributed by atoms with E-state index in [-0.39, 0.29) is 0 Å². The molecular formula is C15H26. The van der Waals surface area contributed by atoms with E-state index in [0.717, 1.165) is 11.8 Å². The monoisotopic (exact) mass is 206 g/mol. The minimum absolute atomic E-state index is 0.649. The van der Waals surface area contributed by atoms with E-state index in [4.69, 9.17) is 0 Å². The van der Waals surface area contributed by atoms with Gasteiger partial charge in [0, 0.05) is 0 Å². The largest absolute Gasteiger partial charge is 0.0848 e. The predicted molar refractivity (Wildman–Crippen MR) is 66.8 cm³/mol. The molecule has 2 rings (SSSR count). The summed E-state index contributed by atoms with van der Waals surface area (Å²) in [4.78, 5) is 0. The molecular weight excluding hydrogens is 180 g/mol. The van der Waals surface area contributed by atoms with E-state index in [0.29, 0.717) is 5.41 Å². The van der Waals surface area contributed by atoms with Crippen LogP contribution >= 0.6 is 0 Å². The van der Waals surface area contributed by atoms with Gasteiger partial charge in [0.2, 0.25) is 0 Å². The van der Waals surface area contributed by atoms with Gasteiger partial charge in [-0.2, -0.15) is 0 Å². The van der Waals surface area contributed by atoms with Crippen molar-refractivity contribution in [1.29, 1.82) is 0 Å². The van der Waals surface area contributed by atoms with Crippen LogP contribution in [0.4, 0.5) is 0 Å². The van der Waals surface area contributed by atoms with Gasteiger partial charge in [-0.15, -0.1) is 0 Å². The maximum absolute atomic E-state index is 2.59. The minimum atomic E-state index is 0.649. The highest BCUT2D eigenvalue weighted by Crippen LogP contribution is 2.55. The van der Waals surface area contributed by atoms with Crippen molar-refractivity contribution in [2.24, 2.45) is 17.3 Å². The van der Waals surface area contributed by atoms with Gasteiger partial charge in [0.05, 0.1) is 0 Å². The van der Waals surface area contributed by atoms with Crippen LogP contribution in [0.5, 0.6) is 0 Å². The molecule has 2 bridgehead atoms. The van der Waals surface area contributed by atoms with Crippen molar-refractivity contribution < 1.29 is 0 Å². The quantitative estimate of drug-likeness (QED) is 0.539. The second-order valence-electron chi connectivity index (χ2n) is 5.72. The summed E-state index contributed by atoms with van der Waals surface area (Å²) in [5.41, 5.74) is 0.649. The zero-order chi connectivity index (χ0) is 10.7. The van der Waals surface area contributed by atoms with Gasteiger partial charge in [-0.3, -0.25) is 0 Å². The Hall–Kier alpha value is -0.260. The summed E-state index contributed by atoms with van der Waals surface area (Å²) in [6, 6.07) is 0. The summed E-state index contributed by atoms with van der Waals surface area (Å²) < 4.78 is 0. The Bertz CT molecular complexity index is 228. The van der Waals surface area contributed by atoms with Crippen LogP contribution in [0.25, 0.3) is 0 Å². The predicted octanol–water partition coefficient (Wildman–Crippen LogP) is 4.95. The highest BCUT2D eigenvalue weighted by Gasteiger charge is 2.44. The molecule has 0 radical (unpaired) electrons. The first-order chi connectivity index (χ1) is 7.30. The van der Waals surface area contributed by atoms with Gasteiger partial charge in [-0.05, 0) is 49.4 Å². The standard InChI is InChI=1S/C15H26/c1-3-5-7-14(6-4-2)15-10-8-13(12-15)9-11-15/h8,10,13-14H,3-7,9,11-12H2,1-2H3. The summed E-state index contributed by atoms with van der Waals surface area (Å²) in [5, 5.41) is 0. The van der Waals surface area contributed by atoms with Crippen molar-refractivity contribution in [2.75, 3.05) is 0 Å². The Labute approximate surface area is 95.1 Å². The average molecular weight is 206 g/mol. The lowest BCUT2D eigenvalue weighted by atomic mass is 9.71. The summed E-state index contributed by atoms with van der Waals surface area (Å²) in [6.45, 7) is 4.67. The van der Waals surface area contributed by atoms with Crippen LogP contribution < -0.4 is 0 Å². The minimum Gasteiger partial charge on any atom is -0.0848 e. The lowest BCUT2D eigenvalue weighted by Gasteiger charge is -2.34. The van der Waals surface area contributed by atoms with Crippen LogP contribution in [-0.2, 0) is 0 Å². The van der Waals surface area contributed by atoms with Gasteiger partial charge in [0.1, 0.15) is 0 Å². The molecule has 0 N–H and O–H groups in total. The molecule has 15 heavy (non-hydrogen) atoms. The molecule has 1 fully saturated rings. The van der Waals surface area contributed by atoms with Crippen molar-refractivity contribution in [1.82, 2.24) is 0 Å². The van der Waals surface area contributed by atoms with Crippen LogP contribution in [0.2, 0.25) is 0 Å². The highest BCUT2D eigenvalue weighted by atomic mass is 14.5. The average Bonchev–Trinajstić information content (AvgIpc) is 2.85. The van der Waals surface area contributed by atoms with Crippen LogP contribution in [-0.4, -0.2) is 0 Å². The van der Waals surface area contributed by atoms with Gasteiger partial charge < -0.3 is 0 Å². The van der Waals surface area contributed by atoms with Crippen molar-refractivity contribution in [3.8, 4) is 0 Å². The van der Waals surface area contributed by atoms with Crippen molar-refractivity contribution in [2.45, 2.75) is 65.2 Å². The molecule has 1 saturated carbocycles. The van der Waals surface area contributed by atoms with Crippen LogP contribution in [0, 0.1) is 17.3 Å². The molecule has 0 aromatic carbocycles. The molecule has 0 spiro atoms. The molecule has 2 aliphatic rings. The fourth-order valence-corrected chi connectivity index (χ4v) is 3.81. The molecule has 0 nitrogen and oxygen atoms in total. The Morgan fingerprint density at radius 1 is 1.27 bits per heavy atom. The first kappa shape index (κ1) is 11.2. The third kappa shape index (κ3) is 2.14. The van der Waals surface area contributed by atoms with Gasteiger partial charge in [0.15, 0.2) is 0 Å². The normalized spacial score (nSPS) is 34.9.